The summed E-state index contributed by atoms with van der Waals surface area (Å²) in [5, 5.41) is 0. The summed E-state index contributed by atoms with van der Waals surface area (Å²) < 4.78 is 11.9. The van der Waals surface area contributed by atoms with Crippen LogP contribution >= 0.6 is 0 Å². The van der Waals surface area contributed by atoms with Gasteiger partial charge in [0.1, 0.15) is 11.2 Å². The minimum atomic E-state index is -0.455. The van der Waals surface area contributed by atoms with Gasteiger partial charge in [0.05, 0.1) is 11.5 Å². The van der Waals surface area contributed by atoms with Gasteiger partial charge >= 0.3 is 12.1 Å². The zero-order valence-corrected chi connectivity index (χ0v) is 26.3. The maximum atomic E-state index is 13.3. The number of hydrogen-bond acceptors (Lipinski definition) is 6. The third-order valence-electron chi connectivity index (χ3n) is 10.4. The van der Waals surface area contributed by atoms with Crippen LogP contribution in [0.4, 0.5) is 4.79 Å². The molecule has 3 saturated heterocycles. The number of carbonyl (C=O) groups is 2. The van der Waals surface area contributed by atoms with E-state index in [9.17, 15) is 9.59 Å². The summed E-state index contributed by atoms with van der Waals surface area (Å²) in [6.45, 7) is 21.9. The van der Waals surface area contributed by atoms with Crippen LogP contribution in [0, 0.1) is 11.3 Å². The van der Waals surface area contributed by atoms with E-state index in [0.29, 0.717) is 17.5 Å². The van der Waals surface area contributed by atoms with E-state index in [4.69, 9.17) is 9.47 Å². The molecule has 0 N–H and O–H groups in total. The number of nitrogens with zero attached hydrogens (tertiary/aromatic N) is 3. The van der Waals surface area contributed by atoms with Crippen LogP contribution in [0.5, 0.6) is 0 Å². The average molecular weight is 548 g/mol. The third-order valence-corrected chi connectivity index (χ3v) is 10.4. The van der Waals surface area contributed by atoms with E-state index in [1.807, 2.05) is 25.7 Å². The van der Waals surface area contributed by atoms with E-state index >= 15 is 0 Å². The predicted octanol–water partition coefficient (Wildman–Crippen LogP) is 6.24. The Morgan fingerprint density at radius 2 is 1.51 bits per heavy atom. The number of amides is 1. The summed E-state index contributed by atoms with van der Waals surface area (Å²) in [6, 6.07) is 1.01. The smallest absolute Gasteiger partial charge is 0.410 e. The number of esters is 1. The molecule has 0 aromatic rings. The second-order valence-corrected chi connectivity index (χ2v) is 15.3. The number of hydrogen-bond donors (Lipinski definition) is 0. The molecule has 0 aromatic heterocycles. The van der Waals surface area contributed by atoms with Gasteiger partial charge in [0.15, 0.2) is 0 Å². The minimum Gasteiger partial charge on any atom is -0.459 e. The number of rotatable bonds is 7. The first kappa shape index (κ1) is 30.6. The number of carbonyl (C=O) groups excluding carboxylic acids is 2. The van der Waals surface area contributed by atoms with E-state index in [1.54, 1.807) is 0 Å². The first-order chi connectivity index (χ1) is 18.1. The minimum absolute atomic E-state index is 0.0176. The molecule has 39 heavy (non-hydrogen) atoms. The molecular weight excluding hydrogens is 490 g/mol. The largest absolute Gasteiger partial charge is 0.459 e. The molecule has 3 heterocycles. The maximum absolute atomic E-state index is 13.3. The van der Waals surface area contributed by atoms with E-state index in [1.165, 1.54) is 19.4 Å². The Labute approximate surface area is 238 Å². The molecule has 1 aliphatic carbocycles. The molecule has 2 spiro atoms. The molecule has 4 fully saturated rings. The van der Waals surface area contributed by atoms with Gasteiger partial charge in [-0.15, -0.1) is 0 Å². The lowest BCUT2D eigenvalue weighted by atomic mass is 9.69. The standard InChI is InChI=1S/C32H57N3O4/c1-24(2)34-18-14-31(23-34)12-9-10-26(22-31)27(36)38-30(7,8)13-11-25(3)33-19-15-32(16-20-33)17-21-35(32)28(37)39-29(4,5)6/h24-26H,9-23H2,1-8H3. The van der Waals surface area contributed by atoms with E-state index in [-0.39, 0.29) is 23.5 Å². The first-order valence-electron chi connectivity index (χ1n) is 15.8. The van der Waals surface area contributed by atoms with Crippen LogP contribution in [0.15, 0.2) is 0 Å². The zero-order valence-electron chi connectivity index (χ0n) is 26.3. The summed E-state index contributed by atoms with van der Waals surface area (Å²) in [5.41, 5.74) is -0.608. The van der Waals surface area contributed by atoms with E-state index in [2.05, 4.69) is 44.4 Å². The van der Waals surface area contributed by atoms with Gasteiger partial charge in [-0.3, -0.25) is 4.79 Å². The van der Waals surface area contributed by atoms with Crippen molar-refractivity contribution in [1.29, 1.82) is 0 Å². The van der Waals surface area contributed by atoms with Gasteiger partial charge in [-0.2, -0.15) is 0 Å². The van der Waals surface area contributed by atoms with Crippen molar-refractivity contribution in [2.75, 3.05) is 32.7 Å². The van der Waals surface area contributed by atoms with Crippen molar-refractivity contribution < 1.29 is 19.1 Å². The molecule has 3 aliphatic heterocycles. The fourth-order valence-corrected chi connectivity index (χ4v) is 7.62. The molecule has 0 radical (unpaired) electrons. The normalized spacial score (nSPS) is 29.1. The summed E-state index contributed by atoms with van der Waals surface area (Å²) in [5.74, 6) is 0.0816. The highest BCUT2D eigenvalue weighted by Crippen LogP contribution is 2.47. The Morgan fingerprint density at radius 3 is 2.08 bits per heavy atom. The number of ether oxygens (including phenoxy) is 2. The van der Waals surface area contributed by atoms with Gasteiger partial charge in [0.25, 0.3) is 0 Å². The maximum Gasteiger partial charge on any atom is 0.410 e. The SMILES string of the molecule is CC(C)N1CCC2(CCCC(C(=O)OC(C)(C)CCC(C)N3CCC4(CC3)CCN4C(=O)OC(C)(C)C)C2)C1. The van der Waals surface area contributed by atoms with Crippen LogP contribution in [-0.2, 0) is 14.3 Å². The van der Waals surface area contributed by atoms with Crippen molar-refractivity contribution in [3.63, 3.8) is 0 Å². The Balaban J connectivity index is 1.21. The van der Waals surface area contributed by atoms with Crippen molar-refractivity contribution >= 4 is 12.1 Å². The fraction of sp³-hybridized carbons (Fsp3) is 0.938. The Bertz CT molecular complexity index is 873. The summed E-state index contributed by atoms with van der Waals surface area (Å²) in [4.78, 5) is 33.1. The van der Waals surface area contributed by atoms with Gasteiger partial charge in [0, 0.05) is 38.3 Å². The Hall–Kier alpha value is -1.34. The molecule has 3 atom stereocenters. The molecule has 224 valence electrons. The second kappa shape index (κ2) is 11.5. The molecule has 0 bridgehead atoms. The van der Waals surface area contributed by atoms with E-state index < -0.39 is 11.2 Å². The van der Waals surface area contributed by atoms with Gasteiger partial charge in [-0.25, -0.2) is 4.79 Å². The topological polar surface area (TPSA) is 62.3 Å². The lowest BCUT2D eigenvalue weighted by Gasteiger charge is -2.56. The van der Waals surface area contributed by atoms with Crippen molar-refractivity contribution in [3.8, 4) is 0 Å². The quantitative estimate of drug-likeness (QED) is 0.352. The molecule has 1 saturated carbocycles. The lowest BCUT2D eigenvalue weighted by Crippen LogP contribution is -2.66. The van der Waals surface area contributed by atoms with Crippen molar-refractivity contribution in [1.82, 2.24) is 14.7 Å². The van der Waals surface area contributed by atoms with Crippen LogP contribution in [0.2, 0.25) is 0 Å². The highest BCUT2D eigenvalue weighted by molar-refractivity contribution is 5.73. The van der Waals surface area contributed by atoms with Gasteiger partial charge < -0.3 is 24.2 Å². The van der Waals surface area contributed by atoms with Gasteiger partial charge in [0.2, 0.25) is 0 Å². The van der Waals surface area contributed by atoms with Gasteiger partial charge in [-0.05, 0) is 125 Å². The van der Waals surface area contributed by atoms with Crippen LogP contribution in [0.3, 0.4) is 0 Å². The lowest BCUT2D eigenvalue weighted by molar-refractivity contribution is -0.165. The molecule has 4 aliphatic rings. The molecule has 0 aromatic carbocycles. The summed E-state index contributed by atoms with van der Waals surface area (Å²) >= 11 is 0. The van der Waals surface area contributed by atoms with Crippen LogP contribution in [0.1, 0.15) is 120 Å². The van der Waals surface area contributed by atoms with E-state index in [0.717, 1.165) is 77.5 Å². The average Bonchev–Trinajstić information content (AvgIpc) is 3.24. The first-order valence-corrected chi connectivity index (χ1v) is 15.8. The molecule has 7 heteroatoms. The Kier molecular flexibility index (Phi) is 9.03. The van der Waals surface area contributed by atoms with Gasteiger partial charge in [-0.1, -0.05) is 6.42 Å². The van der Waals surface area contributed by atoms with Crippen molar-refractivity contribution in [3.05, 3.63) is 0 Å². The second-order valence-electron chi connectivity index (χ2n) is 15.3. The molecule has 1 amide bonds. The van der Waals surface area contributed by atoms with Crippen LogP contribution in [-0.4, -0.2) is 88.3 Å². The highest BCUT2D eigenvalue weighted by atomic mass is 16.6. The zero-order chi connectivity index (χ0) is 28.6. The monoisotopic (exact) mass is 547 g/mol. The summed E-state index contributed by atoms with van der Waals surface area (Å²) in [6.07, 6.45) is 10.4. The van der Waals surface area contributed by atoms with Crippen LogP contribution in [0.25, 0.3) is 0 Å². The predicted molar refractivity (Wildman–Crippen MR) is 156 cm³/mol. The van der Waals surface area contributed by atoms with Crippen LogP contribution < -0.4 is 0 Å². The molecule has 7 nitrogen and oxygen atoms in total. The number of piperidine rings is 1. The highest BCUT2D eigenvalue weighted by Gasteiger charge is 2.50. The molecule has 4 rings (SSSR count). The Morgan fingerprint density at radius 1 is 0.872 bits per heavy atom. The molecule has 3 unspecified atom stereocenters. The van der Waals surface area contributed by atoms with Crippen molar-refractivity contribution in [2.24, 2.45) is 11.3 Å². The van der Waals surface area contributed by atoms with Crippen molar-refractivity contribution in [2.45, 2.75) is 148 Å². The summed E-state index contributed by atoms with van der Waals surface area (Å²) in [7, 11) is 0. The molecular formula is C32H57N3O4. The fourth-order valence-electron chi connectivity index (χ4n) is 7.62. The number of likely N-dealkylation sites (tertiary alicyclic amines) is 3. The third kappa shape index (κ3) is 7.30.